The third-order valence-electron chi connectivity index (χ3n) is 6.49. The summed E-state index contributed by atoms with van der Waals surface area (Å²) >= 11 is 3.71. The largest absolute Gasteiger partial charge is 0.497 e. The van der Waals surface area contributed by atoms with Crippen LogP contribution in [0.25, 0.3) is 5.69 Å². The SMILES string of the molecule is CCCc1cc(OC)cc(C2=NC(CC)c3n(C)nc(Nc4ccccc4)[n+]3-c3cc(Br)ccc32)c1. The first-order chi connectivity index (χ1) is 17.5. The molecule has 0 radical (unpaired) electrons. The van der Waals surface area contributed by atoms with Crippen molar-refractivity contribution in [3.63, 3.8) is 0 Å². The fourth-order valence-electron chi connectivity index (χ4n) is 4.85. The molecule has 184 valence electrons. The first-order valence-electron chi connectivity index (χ1n) is 12.4. The number of fused-ring (bicyclic) bond motifs is 3. The number of nitrogens with one attached hydrogen (secondary N) is 1. The number of halogens is 1. The highest BCUT2D eigenvalue weighted by Gasteiger charge is 2.35. The number of aliphatic imine (C=N–C) groups is 1. The summed E-state index contributed by atoms with van der Waals surface area (Å²) in [7, 11) is 3.72. The number of aryl methyl sites for hydroxylation is 2. The molecule has 0 bridgehead atoms. The second kappa shape index (κ2) is 10.3. The third kappa shape index (κ3) is 4.55. The highest BCUT2D eigenvalue weighted by molar-refractivity contribution is 9.10. The van der Waals surface area contributed by atoms with Crippen molar-refractivity contribution in [3.05, 3.63) is 93.7 Å². The van der Waals surface area contributed by atoms with Crippen molar-refractivity contribution in [2.24, 2.45) is 12.0 Å². The van der Waals surface area contributed by atoms with Crippen molar-refractivity contribution < 1.29 is 9.30 Å². The summed E-state index contributed by atoms with van der Waals surface area (Å²) in [6.45, 7) is 4.37. The summed E-state index contributed by atoms with van der Waals surface area (Å²) in [6.07, 6.45) is 2.91. The Labute approximate surface area is 220 Å². The second-order valence-corrected chi connectivity index (χ2v) is 9.93. The van der Waals surface area contributed by atoms with Gasteiger partial charge in [0.1, 0.15) is 17.5 Å². The minimum atomic E-state index is -0.0733. The molecule has 0 fully saturated rings. The van der Waals surface area contributed by atoms with E-state index in [2.05, 4.69) is 76.1 Å². The molecule has 36 heavy (non-hydrogen) atoms. The van der Waals surface area contributed by atoms with Crippen LogP contribution in [0.2, 0.25) is 0 Å². The van der Waals surface area contributed by atoms with Gasteiger partial charge in [0, 0.05) is 20.7 Å². The number of rotatable bonds is 7. The van der Waals surface area contributed by atoms with Gasteiger partial charge in [0.25, 0.3) is 0 Å². The highest BCUT2D eigenvalue weighted by Crippen LogP contribution is 2.32. The predicted octanol–water partition coefficient (Wildman–Crippen LogP) is 6.47. The molecule has 4 aromatic rings. The summed E-state index contributed by atoms with van der Waals surface area (Å²) < 4.78 is 10.8. The van der Waals surface area contributed by atoms with E-state index in [9.17, 15) is 0 Å². The van der Waals surface area contributed by atoms with Crippen molar-refractivity contribution in [3.8, 4) is 11.4 Å². The maximum Gasteiger partial charge on any atom is 0.387 e. The zero-order valence-corrected chi connectivity index (χ0v) is 22.7. The lowest BCUT2D eigenvalue weighted by atomic mass is 9.97. The Morgan fingerprint density at radius 1 is 1.06 bits per heavy atom. The van der Waals surface area contributed by atoms with E-state index in [0.717, 1.165) is 69.5 Å². The Bertz CT molecular complexity index is 1430. The Kier molecular flexibility index (Phi) is 6.92. The van der Waals surface area contributed by atoms with Crippen LogP contribution >= 0.6 is 15.9 Å². The number of methoxy groups -OCH3 is 1. The predicted molar refractivity (Wildman–Crippen MR) is 148 cm³/mol. The van der Waals surface area contributed by atoms with E-state index in [1.165, 1.54) is 5.56 Å². The van der Waals surface area contributed by atoms with Crippen LogP contribution in [0.3, 0.4) is 0 Å². The van der Waals surface area contributed by atoms with Crippen LogP contribution in [0.5, 0.6) is 5.75 Å². The van der Waals surface area contributed by atoms with Crippen LogP contribution in [0.15, 0.2) is 76.2 Å². The fourth-order valence-corrected chi connectivity index (χ4v) is 5.20. The number of benzene rings is 3. The van der Waals surface area contributed by atoms with Crippen molar-refractivity contribution in [1.29, 1.82) is 0 Å². The van der Waals surface area contributed by atoms with Crippen LogP contribution in [-0.4, -0.2) is 22.6 Å². The minimum absolute atomic E-state index is 0.0733. The lowest BCUT2D eigenvalue weighted by molar-refractivity contribution is -0.591. The van der Waals surface area contributed by atoms with Crippen molar-refractivity contribution in [2.75, 3.05) is 12.4 Å². The molecule has 0 saturated heterocycles. The molecule has 3 aromatic carbocycles. The van der Waals surface area contributed by atoms with Crippen molar-refractivity contribution >= 4 is 33.3 Å². The second-order valence-electron chi connectivity index (χ2n) is 9.01. The molecule has 1 atom stereocenters. The molecule has 1 aromatic heterocycles. The number of para-hydroxylation sites is 1. The molecular formula is C29H31BrN5O+. The lowest BCUT2D eigenvalue weighted by Gasteiger charge is -2.14. The minimum Gasteiger partial charge on any atom is -0.497 e. The molecule has 5 rings (SSSR count). The highest BCUT2D eigenvalue weighted by atomic mass is 79.9. The number of nitrogens with zero attached hydrogens (tertiary/aromatic N) is 4. The zero-order chi connectivity index (χ0) is 25.2. The number of ether oxygens (including phenoxy) is 1. The molecule has 6 nitrogen and oxygen atoms in total. The fraction of sp³-hybridized carbons (Fsp3) is 0.276. The van der Waals surface area contributed by atoms with Gasteiger partial charge in [-0.1, -0.05) is 54.4 Å². The molecule has 1 unspecified atom stereocenters. The van der Waals surface area contributed by atoms with Gasteiger partial charge in [-0.05, 0) is 66.9 Å². The Morgan fingerprint density at radius 3 is 2.58 bits per heavy atom. The van der Waals surface area contributed by atoms with Gasteiger partial charge in [-0.2, -0.15) is 4.57 Å². The van der Waals surface area contributed by atoms with Gasteiger partial charge in [0.2, 0.25) is 5.82 Å². The van der Waals surface area contributed by atoms with E-state index in [1.54, 1.807) is 7.11 Å². The Morgan fingerprint density at radius 2 is 1.86 bits per heavy atom. The maximum atomic E-state index is 5.68. The quantitative estimate of drug-likeness (QED) is 0.271. The van der Waals surface area contributed by atoms with Gasteiger partial charge >= 0.3 is 5.95 Å². The molecule has 0 aliphatic carbocycles. The normalized spacial score (nSPS) is 14.5. The van der Waals surface area contributed by atoms with E-state index >= 15 is 0 Å². The van der Waals surface area contributed by atoms with Crippen LogP contribution in [-0.2, 0) is 13.5 Å². The van der Waals surface area contributed by atoms with Gasteiger partial charge in [-0.3, -0.25) is 10.3 Å². The number of anilines is 2. The van der Waals surface area contributed by atoms with E-state index < -0.39 is 0 Å². The van der Waals surface area contributed by atoms with Gasteiger partial charge in [-0.15, -0.1) is 4.68 Å². The molecular weight excluding hydrogens is 514 g/mol. The molecule has 0 spiro atoms. The summed E-state index contributed by atoms with van der Waals surface area (Å²) in [6, 6.07) is 22.9. The summed E-state index contributed by atoms with van der Waals surface area (Å²) in [5, 5.41) is 8.41. The molecule has 7 heteroatoms. The van der Waals surface area contributed by atoms with Crippen molar-refractivity contribution in [1.82, 2.24) is 9.78 Å². The first-order valence-corrected chi connectivity index (χ1v) is 13.2. The van der Waals surface area contributed by atoms with E-state index in [4.69, 9.17) is 14.8 Å². The molecule has 0 amide bonds. The third-order valence-corrected chi connectivity index (χ3v) is 6.98. The standard InChI is InChI=1S/C29H31BrN5O/c1-5-10-19-15-20(17-23(16-19)36-4)27-24-14-13-21(30)18-26(24)35-28(25(6-2)32-27)34(3)33-29(35)31-22-11-8-7-9-12-22/h7-9,11-18,25H,5-6,10H2,1-4H3,(H,31,33)/q+1. The zero-order valence-electron chi connectivity index (χ0n) is 21.1. The lowest BCUT2D eigenvalue weighted by Crippen LogP contribution is -2.38. The van der Waals surface area contributed by atoms with Gasteiger partial charge < -0.3 is 4.74 Å². The number of hydrogen-bond acceptors (Lipinski definition) is 4. The van der Waals surface area contributed by atoms with E-state index in [0.29, 0.717) is 0 Å². The summed E-state index contributed by atoms with van der Waals surface area (Å²) in [5.74, 6) is 2.64. The Hall–Kier alpha value is -3.45. The smallest absolute Gasteiger partial charge is 0.387 e. The molecule has 1 N–H and O–H groups in total. The average molecular weight is 546 g/mol. The number of aromatic nitrogens is 3. The summed E-state index contributed by atoms with van der Waals surface area (Å²) in [5.41, 5.74) is 6.36. The Balaban J connectivity index is 1.75. The molecule has 2 heterocycles. The molecule has 0 saturated carbocycles. The van der Waals surface area contributed by atoms with E-state index in [1.807, 2.05) is 42.1 Å². The van der Waals surface area contributed by atoms with Gasteiger partial charge in [0.05, 0.1) is 25.6 Å². The average Bonchev–Trinajstić information content (AvgIpc) is 3.12. The maximum absolute atomic E-state index is 5.68. The van der Waals surface area contributed by atoms with E-state index in [-0.39, 0.29) is 6.04 Å². The summed E-state index contributed by atoms with van der Waals surface area (Å²) in [4.78, 5) is 5.37. The van der Waals surface area contributed by atoms with Gasteiger partial charge in [0.15, 0.2) is 0 Å². The molecule has 1 aliphatic heterocycles. The van der Waals surface area contributed by atoms with Crippen molar-refractivity contribution in [2.45, 2.75) is 39.2 Å². The van der Waals surface area contributed by atoms with Crippen LogP contribution < -0.4 is 14.6 Å². The molecule has 1 aliphatic rings. The number of hydrogen-bond donors (Lipinski definition) is 1. The first kappa shape index (κ1) is 24.3. The van der Waals surface area contributed by atoms with Gasteiger partial charge in [-0.25, -0.2) is 0 Å². The van der Waals surface area contributed by atoms with Crippen LogP contribution in [0.1, 0.15) is 55.2 Å². The monoisotopic (exact) mass is 544 g/mol. The topological polar surface area (TPSA) is 55.3 Å². The van der Waals surface area contributed by atoms with Crippen LogP contribution in [0.4, 0.5) is 11.6 Å². The van der Waals surface area contributed by atoms with Crippen LogP contribution in [0, 0.1) is 0 Å².